The van der Waals surface area contributed by atoms with E-state index in [-0.39, 0.29) is 10.5 Å². The third kappa shape index (κ3) is 4.82. The molecule has 9 nitrogen and oxygen atoms in total. The van der Waals surface area contributed by atoms with Gasteiger partial charge in [0.05, 0.1) is 17.7 Å². The monoisotopic (exact) mass is 515 g/mol. The molecule has 1 fully saturated rings. The highest BCUT2D eigenvalue weighted by molar-refractivity contribution is 7.89. The van der Waals surface area contributed by atoms with Gasteiger partial charge in [0.2, 0.25) is 15.0 Å². The molecule has 1 aliphatic rings. The number of methoxy groups -OCH3 is 1. The van der Waals surface area contributed by atoms with E-state index in [1.807, 2.05) is 24.3 Å². The molecule has 0 atom stereocenters. The number of hydrogen-bond donors (Lipinski definition) is 0. The molecule has 12 heteroatoms. The Balaban J connectivity index is 1.30. The summed E-state index contributed by atoms with van der Waals surface area (Å²) < 4.78 is 46.8. The van der Waals surface area contributed by atoms with Gasteiger partial charge in [-0.2, -0.15) is 13.9 Å². The second-order valence-electron chi connectivity index (χ2n) is 8.05. The molecule has 0 radical (unpaired) electrons. The normalized spacial score (nSPS) is 15.5. The highest BCUT2D eigenvalue weighted by atomic mass is 32.2. The Kier molecular flexibility index (Phi) is 6.36. The minimum Gasteiger partial charge on any atom is -0.497 e. The van der Waals surface area contributed by atoms with Crippen molar-refractivity contribution < 1.29 is 17.5 Å². The van der Waals surface area contributed by atoms with Crippen LogP contribution in [0.5, 0.6) is 5.75 Å². The van der Waals surface area contributed by atoms with Crippen molar-refractivity contribution in [2.45, 2.75) is 11.4 Å². The first-order valence-corrected chi connectivity index (χ1v) is 13.1. The summed E-state index contributed by atoms with van der Waals surface area (Å²) in [5.41, 5.74) is 1.16. The topological polar surface area (TPSA) is 97.1 Å². The van der Waals surface area contributed by atoms with Gasteiger partial charge in [0.25, 0.3) is 5.56 Å². The lowest BCUT2D eigenvalue weighted by atomic mass is 10.2. The molecule has 2 aromatic heterocycles. The van der Waals surface area contributed by atoms with Crippen LogP contribution >= 0.6 is 11.3 Å². The van der Waals surface area contributed by atoms with Gasteiger partial charge < -0.3 is 4.74 Å². The Morgan fingerprint density at radius 2 is 1.80 bits per heavy atom. The average molecular weight is 516 g/mol. The second kappa shape index (κ2) is 9.46. The van der Waals surface area contributed by atoms with Crippen molar-refractivity contribution in [2.75, 3.05) is 33.3 Å². The molecular weight excluding hydrogens is 493 g/mol. The molecule has 5 rings (SSSR count). The number of fused-ring (bicyclic) bond motifs is 1. The van der Waals surface area contributed by atoms with Crippen LogP contribution in [0.3, 0.4) is 0 Å². The first kappa shape index (κ1) is 23.5. The van der Waals surface area contributed by atoms with E-state index in [2.05, 4.69) is 15.0 Å². The van der Waals surface area contributed by atoms with Gasteiger partial charge in [-0.25, -0.2) is 17.8 Å². The van der Waals surface area contributed by atoms with E-state index >= 15 is 0 Å². The van der Waals surface area contributed by atoms with Crippen molar-refractivity contribution in [3.63, 3.8) is 0 Å². The van der Waals surface area contributed by atoms with E-state index in [1.54, 1.807) is 7.11 Å². The lowest BCUT2D eigenvalue weighted by Gasteiger charge is -2.33. The summed E-state index contributed by atoms with van der Waals surface area (Å²) in [5.74, 6) is 0.217. The number of halogens is 1. The van der Waals surface area contributed by atoms with Crippen molar-refractivity contribution in [1.82, 2.24) is 23.8 Å². The first-order chi connectivity index (χ1) is 16.8. The number of benzene rings is 2. The largest absolute Gasteiger partial charge is 0.497 e. The maximum Gasteiger partial charge on any atom is 0.275 e. The third-order valence-corrected chi connectivity index (χ3v) is 8.65. The number of aromatic nitrogens is 3. The number of rotatable bonds is 6. The zero-order valence-corrected chi connectivity index (χ0v) is 20.4. The number of nitrogens with zero attached hydrogens (tertiary/aromatic N) is 5. The van der Waals surface area contributed by atoms with E-state index < -0.39 is 15.8 Å². The molecule has 1 saturated heterocycles. The summed E-state index contributed by atoms with van der Waals surface area (Å²) >= 11 is 1.31. The maximum atomic E-state index is 13.2. The van der Waals surface area contributed by atoms with Crippen LogP contribution < -0.4 is 10.3 Å². The summed E-state index contributed by atoms with van der Waals surface area (Å²) in [7, 11) is -2.09. The third-order valence-electron chi connectivity index (χ3n) is 5.78. The van der Waals surface area contributed by atoms with E-state index in [9.17, 15) is 17.6 Å². The van der Waals surface area contributed by atoms with Gasteiger partial charge in [0.15, 0.2) is 0 Å². The average Bonchev–Trinajstić information content (AvgIpc) is 3.30. The van der Waals surface area contributed by atoms with Gasteiger partial charge in [-0.05, 0) is 36.4 Å². The fourth-order valence-corrected chi connectivity index (χ4v) is 6.27. The summed E-state index contributed by atoms with van der Waals surface area (Å²) in [4.78, 5) is 19.9. The molecule has 0 aliphatic carbocycles. The molecule has 0 bridgehead atoms. The van der Waals surface area contributed by atoms with E-state index in [1.165, 1.54) is 38.4 Å². The number of ether oxygens (including phenoxy) is 1. The summed E-state index contributed by atoms with van der Waals surface area (Å²) in [6.45, 7) is 1.98. The summed E-state index contributed by atoms with van der Waals surface area (Å²) in [5, 5.41) is 5.07. The molecule has 2 aromatic carbocycles. The fourth-order valence-electron chi connectivity index (χ4n) is 3.92. The van der Waals surface area contributed by atoms with Crippen LogP contribution in [0.25, 0.3) is 15.5 Å². The molecule has 3 heterocycles. The molecule has 0 spiro atoms. The van der Waals surface area contributed by atoms with E-state index in [0.717, 1.165) is 17.7 Å². The zero-order chi connectivity index (χ0) is 24.6. The quantitative estimate of drug-likeness (QED) is 0.389. The smallest absolute Gasteiger partial charge is 0.275 e. The molecule has 1 aliphatic heterocycles. The Hall–Kier alpha value is -3.19. The molecule has 0 N–H and O–H groups in total. The Morgan fingerprint density at radius 3 is 2.51 bits per heavy atom. The second-order valence-corrected chi connectivity index (χ2v) is 10.9. The Labute approximate surface area is 205 Å². The standard InChI is InChI=1S/C23H22FN5O4S2/c1-33-19-4-2-3-16(13-19)22-26-29-21(30)14-18(25-23(29)34-22)15-27-9-11-28(12-10-27)35(31,32)20-7-5-17(24)6-8-20/h2-8,13-14H,9-12,15H2,1H3. The number of hydrogen-bond acceptors (Lipinski definition) is 8. The number of piperazine rings is 1. The van der Waals surface area contributed by atoms with Crippen molar-refractivity contribution in [3.8, 4) is 16.3 Å². The van der Waals surface area contributed by atoms with Gasteiger partial charge in [0.1, 0.15) is 16.6 Å². The van der Waals surface area contributed by atoms with Crippen LogP contribution in [0.1, 0.15) is 5.69 Å². The van der Waals surface area contributed by atoms with Crippen LogP contribution in [0.15, 0.2) is 64.3 Å². The SMILES string of the molecule is COc1cccc(-c2nn3c(=O)cc(CN4CCN(S(=O)(=O)c5ccc(F)cc5)CC4)nc3s2)c1. The molecule has 35 heavy (non-hydrogen) atoms. The van der Waals surface area contributed by atoms with Crippen LogP contribution in [-0.2, 0) is 16.6 Å². The van der Waals surface area contributed by atoms with Gasteiger partial charge in [-0.15, -0.1) is 0 Å². The van der Waals surface area contributed by atoms with Gasteiger partial charge in [0, 0.05) is 44.4 Å². The lowest BCUT2D eigenvalue weighted by molar-refractivity contribution is 0.180. The lowest BCUT2D eigenvalue weighted by Crippen LogP contribution is -2.48. The van der Waals surface area contributed by atoms with E-state index in [4.69, 9.17) is 4.74 Å². The molecule has 0 unspecified atom stereocenters. The maximum absolute atomic E-state index is 13.2. The van der Waals surface area contributed by atoms with Crippen molar-refractivity contribution in [1.29, 1.82) is 0 Å². The summed E-state index contributed by atoms with van der Waals surface area (Å²) in [6.07, 6.45) is 0. The first-order valence-electron chi connectivity index (χ1n) is 10.9. The zero-order valence-electron chi connectivity index (χ0n) is 18.8. The van der Waals surface area contributed by atoms with Gasteiger partial charge in [-0.1, -0.05) is 23.5 Å². The molecule has 0 amide bonds. The minimum absolute atomic E-state index is 0.0736. The van der Waals surface area contributed by atoms with E-state index in [0.29, 0.717) is 54.1 Å². The summed E-state index contributed by atoms with van der Waals surface area (Å²) in [6, 6.07) is 13.7. The van der Waals surface area contributed by atoms with Crippen molar-refractivity contribution in [2.24, 2.45) is 0 Å². The fraction of sp³-hybridized carbons (Fsp3) is 0.261. The van der Waals surface area contributed by atoms with Gasteiger partial charge in [-0.3, -0.25) is 9.69 Å². The van der Waals surface area contributed by atoms with Crippen LogP contribution in [-0.4, -0.2) is 65.5 Å². The molecule has 0 saturated carbocycles. The van der Waals surface area contributed by atoms with Crippen LogP contribution in [0.4, 0.5) is 4.39 Å². The van der Waals surface area contributed by atoms with Crippen LogP contribution in [0.2, 0.25) is 0 Å². The molecular formula is C23H22FN5O4S2. The number of sulfonamides is 1. The van der Waals surface area contributed by atoms with Crippen molar-refractivity contribution in [3.05, 3.63) is 76.5 Å². The highest BCUT2D eigenvalue weighted by Crippen LogP contribution is 2.27. The van der Waals surface area contributed by atoms with Crippen LogP contribution in [0, 0.1) is 5.82 Å². The minimum atomic E-state index is -3.68. The Morgan fingerprint density at radius 1 is 1.06 bits per heavy atom. The molecule has 182 valence electrons. The predicted molar refractivity (Wildman–Crippen MR) is 130 cm³/mol. The van der Waals surface area contributed by atoms with Crippen molar-refractivity contribution >= 4 is 26.3 Å². The Bertz CT molecular complexity index is 1530. The predicted octanol–water partition coefficient (Wildman–Crippen LogP) is 2.47. The van der Waals surface area contributed by atoms with Gasteiger partial charge >= 0.3 is 0 Å². The highest BCUT2D eigenvalue weighted by Gasteiger charge is 2.28. The molecule has 4 aromatic rings.